The van der Waals surface area contributed by atoms with Crippen molar-refractivity contribution < 1.29 is 19.4 Å². The Balaban J connectivity index is 2.47. The summed E-state index contributed by atoms with van der Waals surface area (Å²) in [4.78, 5) is 27.7. The van der Waals surface area contributed by atoms with Crippen molar-refractivity contribution in [2.75, 3.05) is 18.1 Å². The summed E-state index contributed by atoms with van der Waals surface area (Å²) in [6.45, 7) is 11.2. The number of aliphatic hydroxyl groups excluding tert-OH is 1. The van der Waals surface area contributed by atoms with E-state index >= 15 is 0 Å². The first kappa shape index (κ1) is 19.4. The first-order valence-electron chi connectivity index (χ1n) is 8.75. The third kappa shape index (κ3) is 3.56. The van der Waals surface area contributed by atoms with Crippen LogP contribution < -0.4 is 4.90 Å². The lowest BCUT2D eigenvalue weighted by Gasteiger charge is -2.32. The standard InChI is InChI=1S/C20H29NO4/c1-13-8-7-9-14(2)16(13)21-12-20(10-11-22,15(3)17(21)23)18(24)25-19(4,5)6/h7-9,15,22H,10-12H2,1-6H3. The van der Waals surface area contributed by atoms with E-state index in [9.17, 15) is 14.7 Å². The highest BCUT2D eigenvalue weighted by Crippen LogP contribution is 2.44. The molecule has 1 aliphatic heterocycles. The summed E-state index contributed by atoms with van der Waals surface area (Å²) in [6.07, 6.45) is 0.205. The van der Waals surface area contributed by atoms with E-state index in [2.05, 4.69) is 0 Å². The fourth-order valence-corrected chi connectivity index (χ4v) is 3.61. The van der Waals surface area contributed by atoms with Crippen LogP contribution in [0.4, 0.5) is 5.69 Å². The minimum Gasteiger partial charge on any atom is -0.459 e. The highest BCUT2D eigenvalue weighted by atomic mass is 16.6. The number of hydrogen-bond donors (Lipinski definition) is 1. The summed E-state index contributed by atoms with van der Waals surface area (Å²) < 4.78 is 5.61. The van der Waals surface area contributed by atoms with Gasteiger partial charge in [-0.2, -0.15) is 0 Å². The number of carbonyl (C=O) groups excluding carboxylic acids is 2. The molecule has 25 heavy (non-hydrogen) atoms. The maximum absolute atomic E-state index is 13.0. The molecule has 0 aromatic heterocycles. The Morgan fingerprint density at radius 3 is 2.36 bits per heavy atom. The quantitative estimate of drug-likeness (QED) is 0.850. The van der Waals surface area contributed by atoms with Crippen LogP contribution in [0.3, 0.4) is 0 Å². The van der Waals surface area contributed by atoms with Gasteiger partial charge in [0, 0.05) is 18.8 Å². The van der Waals surface area contributed by atoms with Gasteiger partial charge in [-0.1, -0.05) is 25.1 Å². The van der Waals surface area contributed by atoms with Gasteiger partial charge in [-0.25, -0.2) is 0 Å². The molecule has 2 rings (SSSR count). The van der Waals surface area contributed by atoms with Gasteiger partial charge in [-0.05, 0) is 52.2 Å². The number of aliphatic hydroxyl groups is 1. The number of esters is 1. The third-order valence-electron chi connectivity index (χ3n) is 4.98. The van der Waals surface area contributed by atoms with E-state index in [0.29, 0.717) is 0 Å². The molecule has 1 amide bonds. The van der Waals surface area contributed by atoms with Gasteiger partial charge in [-0.15, -0.1) is 0 Å². The number of rotatable bonds is 4. The lowest BCUT2D eigenvalue weighted by molar-refractivity contribution is -0.170. The van der Waals surface area contributed by atoms with Crippen molar-refractivity contribution in [1.82, 2.24) is 0 Å². The molecule has 1 aromatic rings. The van der Waals surface area contributed by atoms with E-state index in [0.717, 1.165) is 16.8 Å². The van der Waals surface area contributed by atoms with Gasteiger partial charge >= 0.3 is 5.97 Å². The van der Waals surface area contributed by atoms with Crippen LogP contribution in [-0.4, -0.2) is 35.7 Å². The molecular weight excluding hydrogens is 318 g/mol. The van der Waals surface area contributed by atoms with E-state index in [-0.39, 0.29) is 25.5 Å². The Labute approximate surface area is 150 Å². The predicted octanol–water partition coefficient (Wildman–Crippen LogP) is 3.00. The lowest BCUT2D eigenvalue weighted by atomic mass is 9.76. The Morgan fingerprint density at radius 2 is 1.88 bits per heavy atom. The van der Waals surface area contributed by atoms with Gasteiger partial charge in [0.1, 0.15) is 5.60 Å². The number of nitrogens with zero attached hydrogens (tertiary/aromatic N) is 1. The molecule has 5 heteroatoms. The molecule has 0 spiro atoms. The van der Waals surface area contributed by atoms with Gasteiger partial charge in [-0.3, -0.25) is 9.59 Å². The molecule has 0 bridgehead atoms. The summed E-state index contributed by atoms with van der Waals surface area (Å²) in [7, 11) is 0. The van der Waals surface area contributed by atoms with Gasteiger partial charge < -0.3 is 14.7 Å². The van der Waals surface area contributed by atoms with Crippen LogP contribution in [0.15, 0.2) is 18.2 Å². The van der Waals surface area contributed by atoms with E-state index in [1.165, 1.54) is 0 Å². The Kier molecular flexibility index (Phi) is 5.28. The van der Waals surface area contributed by atoms with Crippen molar-refractivity contribution in [3.05, 3.63) is 29.3 Å². The fourth-order valence-electron chi connectivity index (χ4n) is 3.61. The van der Waals surface area contributed by atoms with Gasteiger partial charge in [0.25, 0.3) is 0 Å². The molecule has 1 heterocycles. The highest BCUT2D eigenvalue weighted by Gasteiger charge is 2.56. The second kappa shape index (κ2) is 6.79. The fraction of sp³-hybridized carbons (Fsp3) is 0.600. The summed E-state index contributed by atoms with van der Waals surface area (Å²) in [5.41, 5.74) is 1.15. The largest absolute Gasteiger partial charge is 0.459 e. The molecule has 2 atom stereocenters. The molecule has 2 unspecified atom stereocenters. The van der Waals surface area contributed by atoms with Gasteiger partial charge in [0.2, 0.25) is 5.91 Å². The zero-order valence-electron chi connectivity index (χ0n) is 16.0. The minimum absolute atomic E-state index is 0.100. The number of aryl methyl sites for hydroxylation is 2. The van der Waals surface area contributed by atoms with E-state index in [1.54, 1.807) is 11.8 Å². The van der Waals surface area contributed by atoms with Crippen molar-refractivity contribution >= 4 is 17.6 Å². The number of ether oxygens (including phenoxy) is 1. The summed E-state index contributed by atoms with van der Waals surface area (Å²) in [6, 6.07) is 5.87. The van der Waals surface area contributed by atoms with Crippen LogP contribution >= 0.6 is 0 Å². The Morgan fingerprint density at radius 1 is 1.32 bits per heavy atom. The van der Waals surface area contributed by atoms with Crippen LogP contribution in [0.1, 0.15) is 45.2 Å². The van der Waals surface area contributed by atoms with Crippen molar-refractivity contribution in [3.63, 3.8) is 0 Å². The molecule has 1 fully saturated rings. The Hall–Kier alpha value is -1.88. The molecule has 1 N–H and O–H groups in total. The molecule has 138 valence electrons. The summed E-state index contributed by atoms with van der Waals surface area (Å²) >= 11 is 0. The second-order valence-electron chi connectivity index (χ2n) is 8.02. The smallest absolute Gasteiger partial charge is 0.315 e. The van der Waals surface area contributed by atoms with Crippen molar-refractivity contribution in [3.8, 4) is 0 Å². The van der Waals surface area contributed by atoms with Crippen LogP contribution in [0.2, 0.25) is 0 Å². The average Bonchev–Trinajstić information content (AvgIpc) is 2.72. The predicted molar refractivity (Wildman–Crippen MR) is 97.4 cm³/mol. The number of benzene rings is 1. The zero-order valence-corrected chi connectivity index (χ0v) is 16.0. The number of anilines is 1. The topological polar surface area (TPSA) is 66.8 Å². The first-order valence-corrected chi connectivity index (χ1v) is 8.75. The van der Waals surface area contributed by atoms with E-state index in [1.807, 2.05) is 52.8 Å². The van der Waals surface area contributed by atoms with Gasteiger partial charge in [0.05, 0.1) is 11.3 Å². The first-order chi connectivity index (χ1) is 11.5. The molecule has 1 aromatic carbocycles. The second-order valence-corrected chi connectivity index (χ2v) is 8.02. The van der Waals surface area contributed by atoms with Crippen molar-refractivity contribution in [2.45, 2.75) is 53.6 Å². The number of amides is 1. The molecule has 0 aliphatic carbocycles. The number of para-hydroxylation sites is 1. The average molecular weight is 347 g/mol. The maximum Gasteiger partial charge on any atom is 0.315 e. The van der Waals surface area contributed by atoms with Crippen LogP contribution in [0.25, 0.3) is 0 Å². The SMILES string of the molecule is Cc1cccc(C)c1N1CC(CCO)(C(=O)OC(C)(C)C)C(C)C1=O. The van der Waals surface area contributed by atoms with Crippen LogP contribution in [-0.2, 0) is 14.3 Å². The monoisotopic (exact) mass is 347 g/mol. The molecule has 0 saturated carbocycles. The molecule has 1 saturated heterocycles. The summed E-state index contributed by atoms with van der Waals surface area (Å²) in [5, 5.41) is 9.57. The third-order valence-corrected chi connectivity index (χ3v) is 4.98. The number of carbonyl (C=O) groups is 2. The van der Waals surface area contributed by atoms with Crippen molar-refractivity contribution in [2.24, 2.45) is 11.3 Å². The maximum atomic E-state index is 13.0. The van der Waals surface area contributed by atoms with Crippen LogP contribution in [0, 0.1) is 25.2 Å². The van der Waals surface area contributed by atoms with Gasteiger partial charge in [0.15, 0.2) is 0 Å². The highest BCUT2D eigenvalue weighted by molar-refractivity contribution is 6.03. The summed E-state index contributed by atoms with van der Waals surface area (Å²) in [5.74, 6) is -1.06. The molecule has 5 nitrogen and oxygen atoms in total. The molecule has 1 aliphatic rings. The minimum atomic E-state index is -1.03. The number of hydrogen-bond acceptors (Lipinski definition) is 4. The normalized spacial score (nSPS) is 23.9. The van der Waals surface area contributed by atoms with E-state index < -0.39 is 22.9 Å². The zero-order chi connectivity index (χ0) is 19.0. The molecular formula is C20H29NO4. The van der Waals surface area contributed by atoms with Crippen molar-refractivity contribution in [1.29, 1.82) is 0 Å². The molecule has 0 radical (unpaired) electrons. The Bertz CT molecular complexity index is 657. The van der Waals surface area contributed by atoms with E-state index in [4.69, 9.17) is 4.74 Å². The van der Waals surface area contributed by atoms with Crippen LogP contribution in [0.5, 0.6) is 0 Å². The lowest BCUT2D eigenvalue weighted by Crippen LogP contribution is -2.43.